The molecule has 1 heterocycles. The van der Waals surface area contributed by atoms with E-state index in [2.05, 4.69) is 10.3 Å². The number of rotatable bonds is 4. The van der Waals surface area contributed by atoms with Gasteiger partial charge in [0.15, 0.2) is 0 Å². The number of nitrogens with zero attached hydrogens (tertiary/aromatic N) is 3. The quantitative estimate of drug-likeness (QED) is 0.822. The molecule has 0 radical (unpaired) electrons. The van der Waals surface area contributed by atoms with Crippen LogP contribution in [0, 0.1) is 0 Å². The zero-order valence-electron chi connectivity index (χ0n) is 9.61. The highest BCUT2D eigenvalue weighted by Gasteiger charge is 2.06. The van der Waals surface area contributed by atoms with Gasteiger partial charge in [-0.2, -0.15) is 0 Å². The fourth-order valence-electron chi connectivity index (χ4n) is 1.52. The van der Waals surface area contributed by atoms with E-state index in [1.807, 2.05) is 24.3 Å². The Morgan fingerprint density at radius 2 is 1.88 bits per heavy atom. The highest BCUT2D eigenvalue weighted by Crippen LogP contribution is 2.09. The Morgan fingerprint density at radius 1 is 1.24 bits per heavy atom. The summed E-state index contributed by atoms with van der Waals surface area (Å²) in [6, 6.07) is 7.63. The molecule has 17 heavy (non-hydrogen) atoms. The lowest BCUT2D eigenvalue weighted by molar-refractivity contribution is 0.194. The molecule has 0 bridgehead atoms. The van der Waals surface area contributed by atoms with Crippen molar-refractivity contribution in [1.29, 1.82) is 0 Å². The molecule has 1 unspecified atom stereocenters. The number of aliphatic hydroxyl groups is 2. The second kappa shape index (κ2) is 5.07. The van der Waals surface area contributed by atoms with Crippen LogP contribution in [0.4, 0.5) is 0 Å². The van der Waals surface area contributed by atoms with E-state index < -0.39 is 6.10 Å². The summed E-state index contributed by atoms with van der Waals surface area (Å²) in [7, 11) is 0. The van der Waals surface area contributed by atoms with Crippen LogP contribution in [-0.2, 0) is 13.2 Å². The van der Waals surface area contributed by atoms with E-state index in [0.29, 0.717) is 12.2 Å². The van der Waals surface area contributed by atoms with Crippen molar-refractivity contribution in [3.05, 3.63) is 47.3 Å². The van der Waals surface area contributed by atoms with Gasteiger partial charge in [-0.15, -0.1) is 5.10 Å². The molecule has 0 aliphatic carbocycles. The van der Waals surface area contributed by atoms with Gasteiger partial charge in [-0.1, -0.05) is 29.5 Å². The van der Waals surface area contributed by atoms with Crippen molar-refractivity contribution >= 4 is 0 Å². The highest BCUT2D eigenvalue weighted by molar-refractivity contribution is 5.22. The van der Waals surface area contributed by atoms with Crippen LogP contribution in [0.3, 0.4) is 0 Å². The molecule has 2 aromatic rings. The smallest absolute Gasteiger partial charge is 0.111 e. The van der Waals surface area contributed by atoms with E-state index in [1.54, 1.807) is 17.8 Å². The largest absolute Gasteiger partial charge is 0.392 e. The number of aliphatic hydroxyl groups excluding tert-OH is 2. The molecule has 0 aliphatic heterocycles. The van der Waals surface area contributed by atoms with Crippen LogP contribution in [0.5, 0.6) is 0 Å². The van der Waals surface area contributed by atoms with Crippen molar-refractivity contribution in [3.8, 4) is 0 Å². The maximum atomic E-state index is 9.33. The van der Waals surface area contributed by atoms with E-state index in [0.717, 1.165) is 11.1 Å². The van der Waals surface area contributed by atoms with Crippen LogP contribution in [0.15, 0.2) is 30.5 Å². The third kappa shape index (κ3) is 2.89. The van der Waals surface area contributed by atoms with Gasteiger partial charge in [0.05, 0.1) is 25.5 Å². The van der Waals surface area contributed by atoms with Gasteiger partial charge in [0.1, 0.15) is 5.69 Å². The van der Waals surface area contributed by atoms with Crippen LogP contribution in [0.1, 0.15) is 29.8 Å². The zero-order chi connectivity index (χ0) is 12.3. The standard InChI is InChI=1S/C12H15N3O2/c1-9(17)12-7-15(14-13-12)6-10-2-4-11(8-16)5-3-10/h2-5,7,9,16-17H,6,8H2,1H3. The van der Waals surface area contributed by atoms with Gasteiger partial charge in [-0.25, -0.2) is 4.68 Å². The summed E-state index contributed by atoms with van der Waals surface area (Å²) >= 11 is 0. The number of aromatic nitrogens is 3. The summed E-state index contributed by atoms with van der Waals surface area (Å²) in [6.45, 7) is 2.31. The summed E-state index contributed by atoms with van der Waals surface area (Å²) in [5, 5.41) is 26.1. The van der Waals surface area contributed by atoms with E-state index >= 15 is 0 Å². The van der Waals surface area contributed by atoms with Gasteiger partial charge in [-0.3, -0.25) is 0 Å². The van der Waals surface area contributed by atoms with Gasteiger partial charge in [0, 0.05) is 0 Å². The second-order valence-corrected chi connectivity index (χ2v) is 3.99. The van der Waals surface area contributed by atoms with Crippen molar-refractivity contribution < 1.29 is 10.2 Å². The first-order valence-electron chi connectivity index (χ1n) is 5.46. The van der Waals surface area contributed by atoms with Crippen LogP contribution in [0.25, 0.3) is 0 Å². The molecule has 90 valence electrons. The molecule has 5 heteroatoms. The minimum absolute atomic E-state index is 0.0514. The molecule has 0 saturated heterocycles. The van der Waals surface area contributed by atoms with Crippen molar-refractivity contribution in [3.63, 3.8) is 0 Å². The second-order valence-electron chi connectivity index (χ2n) is 3.99. The third-order valence-corrected chi connectivity index (χ3v) is 2.53. The Morgan fingerprint density at radius 3 is 2.41 bits per heavy atom. The summed E-state index contributed by atoms with van der Waals surface area (Å²) < 4.78 is 1.68. The fourth-order valence-corrected chi connectivity index (χ4v) is 1.52. The first kappa shape index (κ1) is 11.8. The lowest BCUT2D eigenvalue weighted by Crippen LogP contribution is -2.00. The molecule has 0 aliphatic rings. The maximum absolute atomic E-state index is 9.33. The molecule has 1 aromatic heterocycles. The lowest BCUT2D eigenvalue weighted by Gasteiger charge is -2.02. The molecule has 5 nitrogen and oxygen atoms in total. The van der Waals surface area contributed by atoms with Crippen molar-refractivity contribution in [2.75, 3.05) is 0 Å². The SMILES string of the molecule is CC(O)c1cn(Cc2ccc(CO)cc2)nn1. The van der Waals surface area contributed by atoms with Gasteiger partial charge in [0.25, 0.3) is 0 Å². The van der Waals surface area contributed by atoms with E-state index in [-0.39, 0.29) is 6.61 Å². The van der Waals surface area contributed by atoms with Gasteiger partial charge < -0.3 is 10.2 Å². The van der Waals surface area contributed by atoms with Crippen molar-refractivity contribution in [1.82, 2.24) is 15.0 Å². The topological polar surface area (TPSA) is 71.2 Å². The summed E-state index contributed by atoms with van der Waals surface area (Å²) in [5.41, 5.74) is 2.53. The number of benzene rings is 1. The molecule has 1 atom stereocenters. The third-order valence-electron chi connectivity index (χ3n) is 2.53. The maximum Gasteiger partial charge on any atom is 0.111 e. The average molecular weight is 233 g/mol. The predicted octanol–water partition coefficient (Wildman–Crippen LogP) is 0.872. The number of hydrogen-bond acceptors (Lipinski definition) is 4. The summed E-state index contributed by atoms with van der Waals surface area (Å²) in [6.07, 6.45) is 1.13. The molecule has 2 N–H and O–H groups in total. The fraction of sp³-hybridized carbons (Fsp3) is 0.333. The monoisotopic (exact) mass is 233 g/mol. The molecule has 1 aromatic carbocycles. The van der Waals surface area contributed by atoms with Crippen molar-refractivity contribution in [2.45, 2.75) is 26.2 Å². The lowest BCUT2D eigenvalue weighted by atomic mass is 10.1. The molecule has 0 saturated carbocycles. The van der Waals surface area contributed by atoms with Gasteiger partial charge in [-0.05, 0) is 18.1 Å². The molecule has 0 amide bonds. The van der Waals surface area contributed by atoms with Crippen LogP contribution in [-0.4, -0.2) is 25.2 Å². The zero-order valence-corrected chi connectivity index (χ0v) is 9.61. The van der Waals surface area contributed by atoms with Crippen LogP contribution >= 0.6 is 0 Å². The molecule has 2 rings (SSSR count). The Kier molecular flexibility index (Phi) is 3.51. The molecular weight excluding hydrogens is 218 g/mol. The Bertz CT molecular complexity index is 477. The first-order valence-corrected chi connectivity index (χ1v) is 5.46. The normalized spacial score (nSPS) is 12.6. The van der Waals surface area contributed by atoms with Gasteiger partial charge >= 0.3 is 0 Å². The predicted molar refractivity (Wildman–Crippen MR) is 62.1 cm³/mol. The number of hydrogen-bond donors (Lipinski definition) is 2. The van der Waals surface area contributed by atoms with E-state index in [4.69, 9.17) is 5.11 Å². The first-order chi connectivity index (χ1) is 8.19. The minimum Gasteiger partial charge on any atom is -0.392 e. The van der Waals surface area contributed by atoms with Crippen LogP contribution < -0.4 is 0 Å². The minimum atomic E-state index is -0.597. The Hall–Kier alpha value is -1.72. The Balaban J connectivity index is 2.08. The van der Waals surface area contributed by atoms with Crippen LogP contribution in [0.2, 0.25) is 0 Å². The Labute approximate surface area is 99.3 Å². The average Bonchev–Trinajstić information content (AvgIpc) is 2.79. The molecule has 0 spiro atoms. The molecule has 0 fully saturated rings. The van der Waals surface area contributed by atoms with E-state index in [9.17, 15) is 5.11 Å². The summed E-state index contributed by atoms with van der Waals surface area (Å²) in [4.78, 5) is 0. The summed E-state index contributed by atoms with van der Waals surface area (Å²) in [5.74, 6) is 0. The highest BCUT2D eigenvalue weighted by atomic mass is 16.3. The van der Waals surface area contributed by atoms with Crippen molar-refractivity contribution in [2.24, 2.45) is 0 Å². The van der Waals surface area contributed by atoms with Gasteiger partial charge in [0.2, 0.25) is 0 Å². The van der Waals surface area contributed by atoms with E-state index in [1.165, 1.54) is 0 Å². The molecular formula is C12H15N3O2.